The van der Waals surface area contributed by atoms with E-state index in [0.29, 0.717) is 6.42 Å². The fraction of sp³-hybridized carbons (Fsp3) is 0.333. The molecule has 3 rings (SSSR count). The third-order valence-corrected chi connectivity index (χ3v) is 4.76. The van der Waals surface area contributed by atoms with Crippen molar-refractivity contribution >= 4 is 22.2 Å². The SMILES string of the molecule is C[NH+](C)CCCNC(=O)Cc1csc2nc(-c3ccccc3)cn12. The summed E-state index contributed by atoms with van der Waals surface area (Å²) in [5, 5.41) is 5.01. The Balaban J connectivity index is 1.65. The molecule has 2 N–H and O–H groups in total. The molecular weight excluding hydrogens is 320 g/mol. The molecule has 2 heterocycles. The van der Waals surface area contributed by atoms with E-state index in [2.05, 4.69) is 24.4 Å². The van der Waals surface area contributed by atoms with Gasteiger partial charge in [0.2, 0.25) is 5.91 Å². The van der Waals surface area contributed by atoms with E-state index in [1.807, 2.05) is 46.3 Å². The van der Waals surface area contributed by atoms with Gasteiger partial charge in [-0.25, -0.2) is 4.98 Å². The highest BCUT2D eigenvalue weighted by atomic mass is 32.1. The van der Waals surface area contributed by atoms with E-state index in [0.717, 1.165) is 41.4 Å². The molecule has 0 atom stereocenters. The Morgan fingerprint density at radius 3 is 2.83 bits per heavy atom. The van der Waals surface area contributed by atoms with E-state index in [4.69, 9.17) is 0 Å². The molecule has 0 fully saturated rings. The minimum Gasteiger partial charge on any atom is -0.356 e. The summed E-state index contributed by atoms with van der Waals surface area (Å²) in [6.45, 7) is 1.79. The number of hydrogen-bond acceptors (Lipinski definition) is 3. The molecule has 2 aromatic heterocycles. The molecule has 0 aliphatic carbocycles. The molecule has 0 saturated heterocycles. The number of nitrogens with zero attached hydrogens (tertiary/aromatic N) is 2. The monoisotopic (exact) mass is 343 g/mol. The number of imidazole rings is 1. The highest BCUT2D eigenvalue weighted by Gasteiger charge is 2.12. The first-order chi connectivity index (χ1) is 11.6. The van der Waals surface area contributed by atoms with Gasteiger partial charge in [-0.2, -0.15) is 0 Å². The minimum absolute atomic E-state index is 0.0680. The highest BCUT2D eigenvalue weighted by Crippen LogP contribution is 2.23. The first-order valence-corrected chi connectivity index (χ1v) is 9.08. The van der Waals surface area contributed by atoms with E-state index < -0.39 is 0 Å². The Morgan fingerprint density at radius 1 is 1.29 bits per heavy atom. The zero-order chi connectivity index (χ0) is 16.9. The summed E-state index contributed by atoms with van der Waals surface area (Å²) in [6, 6.07) is 10.1. The lowest BCUT2D eigenvalue weighted by Gasteiger charge is -2.07. The van der Waals surface area contributed by atoms with Crippen molar-refractivity contribution in [1.29, 1.82) is 0 Å². The van der Waals surface area contributed by atoms with Crippen LogP contribution >= 0.6 is 11.3 Å². The number of quaternary nitrogens is 1. The Kier molecular flexibility index (Phi) is 5.27. The molecule has 0 spiro atoms. The number of nitrogens with one attached hydrogen (secondary N) is 2. The van der Waals surface area contributed by atoms with Crippen LogP contribution in [0.25, 0.3) is 16.2 Å². The van der Waals surface area contributed by atoms with Crippen molar-refractivity contribution in [3.05, 3.63) is 47.6 Å². The fourth-order valence-electron chi connectivity index (χ4n) is 2.60. The lowest BCUT2D eigenvalue weighted by Crippen LogP contribution is -3.05. The first kappa shape index (κ1) is 16.7. The number of rotatable bonds is 7. The van der Waals surface area contributed by atoms with Crippen molar-refractivity contribution < 1.29 is 9.69 Å². The molecule has 0 aliphatic rings. The van der Waals surface area contributed by atoms with Crippen molar-refractivity contribution in [3.8, 4) is 11.3 Å². The molecule has 1 amide bonds. The molecule has 6 heteroatoms. The normalized spacial score (nSPS) is 11.3. The summed E-state index contributed by atoms with van der Waals surface area (Å²) in [7, 11) is 4.24. The average Bonchev–Trinajstić information content (AvgIpc) is 3.14. The Hall–Kier alpha value is -2.18. The van der Waals surface area contributed by atoms with Gasteiger partial charge in [-0.1, -0.05) is 30.3 Å². The number of hydrogen-bond donors (Lipinski definition) is 2. The van der Waals surface area contributed by atoms with Crippen molar-refractivity contribution in [2.24, 2.45) is 0 Å². The summed E-state index contributed by atoms with van der Waals surface area (Å²) >= 11 is 1.57. The van der Waals surface area contributed by atoms with Crippen LogP contribution in [0.3, 0.4) is 0 Å². The maximum Gasteiger partial charge on any atom is 0.225 e. The topological polar surface area (TPSA) is 50.8 Å². The van der Waals surface area contributed by atoms with Gasteiger partial charge in [0.1, 0.15) is 0 Å². The van der Waals surface area contributed by atoms with Crippen LogP contribution in [0.15, 0.2) is 41.9 Å². The Labute approximate surface area is 145 Å². The van der Waals surface area contributed by atoms with Gasteiger partial charge in [-0.15, -0.1) is 11.3 Å². The summed E-state index contributed by atoms with van der Waals surface area (Å²) in [5.74, 6) is 0.0680. The fourth-order valence-corrected chi connectivity index (χ4v) is 3.47. The molecule has 0 radical (unpaired) electrons. The molecule has 5 nitrogen and oxygen atoms in total. The Morgan fingerprint density at radius 2 is 2.08 bits per heavy atom. The highest BCUT2D eigenvalue weighted by molar-refractivity contribution is 7.15. The van der Waals surface area contributed by atoms with E-state index in [9.17, 15) is 4.79 Å². The minimum atomic E-state index is 0.0680. The first-order valence-electron chi connectivity index (χ1n) is 8.20. The summed E-state index contributed by atoms with van der Waals surface area (Å²) < 4.78 is 2.02. The van der Waals surface area contributed by atoms with Gasteiger partial charge in [0.15, 0.2) is 4.96 Å². The van der Waals surface area contributed by atoms with Crippen LogP contribution in [0.2, 0.25) is 0 Å². The molecule has 0 bridgehead atoms. The molecule has 0 unspecified atom stereocenters. The largest absolute Gasteiger partial charge is 0.356 e. The van der Waals surface area contributed by atoms with E-state index in [1.54, 1.807) is 11.3 Å². The van der Waals surface area contributed by atoms with Crippen LogP contribution < -0.4 is 10.2 Å². The zero-order valence-corrected chi connectivity index (χ0v) is 14.9. The van der Waals surface area contributed by atoms with Crippen LogP contribution in [0.5, 0.6) is 0 Å². The molecule has 0 aliphatic heterocycles. The van der Waals surface area contributed by atoms with Gasteiger partial charge in [0.25, 0.3) is 0 Å². The number of thiazole rings is 1. The number of fused-ring (bicyclic) bond motifs is 1. The number of amides is 1. The third kappa shape index (κ3) is 4.01. The van der Waals surface area contributed by atoms with Crippen LogP contribution in [-0.2, 0) is 11.2 Å². The molecular formula is C18H23N4OS+. The second-order valence-corrected chi connectivity index (χ2v) is 7.05. The van der Waals surface area contributed by atoms with Gasteiger partial charge in [-0.05, 0) is 0 Å². The Bertz CT molecular complexity index is 807. The van der Waals surface area contributed by atoms with Crippen molar-refractivity contribution in [2.75, 3.05) is 27.2 Å². The summed E-state index contributed by atoms with van der Waals surface area (Å²) in [6.07, 6.45) is 3.40. The summed E-state index contributed by atoms with van der Waals surface area (Å²) in [4.78, 5) is 19.1. The molecule has 0 saturated carbocycles. The molecule has 24 heavy (non-hydrogen) atoms. The van der Waals surface area contributed by atoms with Crippen molar-refractivity contribution in [3.63, 3.8) is 0 Å². The standard InChI is InChI=1S/C18H22N4OS/c1-21(2)10-6-9-19-17(23)11-15-13-24-18-20-16(12-22(15)18)14-7-4-3-5-8-14/h3-5,7-8,12-13H,6,9-11H2,1-2H3,(H,19,23)/p+1. The molecule has 3 aromatic rings. The predicted molar refractivity (Wildman–Crippen MR) is 97.5 cm³/mol. The molecule has 1 aromatic carbocycles. The van der Waals surface area contributed by atoms with Crippen molar-refractivity contribution in [2.45, 2.75) is 12.8 Å². The van der Waals surface area contributed by atoms with Gasteiger partial charge in [0.05, 0.1) is 32.8 Å². The van der Waals surface area contributed by atoms with Gasteiger partial charge in [-0.3, -0.25) is 9.20 Å². The van der Waals surface area contributed by atoms with Crippen LogP contribution in [0, 0.1) is 0 Å². The van der Waals surface area contributed by atoms with Gasteiger partial charge in [0, 0.05) is 35.8 Å². The van der Waals surface area contributed by atoms with Gasteiger partial charge >= 0.3 is 0 Å². The molecule has 126 valence electrons. The second-order valence-electron chi connectivity index (χ2n) is 6.21. The average molecular weight is 343 g/mol. The number of benzene rings is 1. The van der Waals surface area contributed by atoms with Crippen LogP contribution in [-0.4, -0.2) is 42.5 Å². The lowest BCUT2D eigenvalue weighted by atomic mass is 10.2. The number of aromatic nitrogens is 2. The number of carbonyl (C=O) groups excluding carboxylic acids is 1. The van der Waals surface area contributed by atoms with Crippen molar-refractivity contribution in [1.82, 2.24) is 14.7 Å². The second kappa shape index (κ2) is 7.59. The smallest absolute Gasteiger partial charge is 0.225 e. The van der Waals surface area contributed by atoms with E-state index in [1.165, 1.54) is 4.90 Å². The predicted octanol–water partition coefficient (Wildman–Crippen LogP) is 1.26. The van der Waals surface area contributed by atoms with Crippen LogP contribution in [0.1, 0.15) is 12.1 Å². The lowest BCUT2D eigenvalue weighted by molar-refractivity contribution is -0.858. The van der Waals surface area contributed by atoms with E-state index >= 15 is 0 Å². The van der Waals surface area contributed by atoms with E-state index in [-0.39, 0.29) is 5.91 Å². The maximum atomic E-state index is 12.1. The quantitative estimate of drug-likeness (QED) is 0.635. The summed E-state index contributed by atoms with van der Waals surface area (Å²) in [5.41, 5.74) is 3.02. The zero-order valence-electron chi connectivity index (χ0n) is 14.1. The number of carbonyl (C=O) groups is 1. The van der Waals surface area contributed by atoms with Gasteiger partial charge < -0.3 is 10.2 Å². The maximum absolute atomic E-state index is 12.1. The van der Waals surface area contributed by atoms with Crippen LogP contribution in [0.4, 0.5) is 0 Å². The third-order valence-electron chi connectivity index (χ3n) is 3.87.